The van der Waals surface area contributed by atoms with E-state index in [9.17, 15) is 4.79 Å². The summed E-state index contributed by atoms with van der Waals surface area (Å²) >= 11 is 1.55. The van der Waals surface area contributed by atoms with Crippen LogP contribution in [0.25, 0.3) is 0 Å². The van der Waals surface area contributed by atoms with Gasteiger partial charge in [0.15, 0.2) is 0 Å². The van der Waals surface area contributed by atoms with Crippen molar-refractivity contribution in [1.29, 1.82) is 0 Å². The van der Waals surface area contributed by atoms with Crippen molar-refractivity contribution < 1.29 is 4.79 Å². The van der Waals surface area contributed by atoms with Gasteiger partial charge in [0.2, 0.25) is 5.91 Å². The zero-order chi connectivity index (χ0) is 11.1. The van der Waals surface area contributed by atoms with Gasteiger partial charge in [0, 0.05) is 23.5 Å². The van der Waals surface area contributed by atoms with Crippen molar-refractivity contribution >= 4 is 17.2 Å². The molecule has 0 aliphatic carbocycles. The molecule has 0 bridgehead atoms. The van der Waals surface area contributed by atoms with Crippen LogP contribution in [0, 0.1) is 5.92 Å². The summed E-state index contributed by atoms with van der Waals surface area (Å²) in [4.78, 5) is 16.6. The van der Waals surface area contributed by atoms with Crippen LogP contribution in [0.5, 0.6) is 0 Å². The van der Waals surface area contributed by atoms with E-state index in [0.717, 1.165) is 18.0 Å². The van der Waals surface area contributed by atoms with Crippen molar-refractivity contribution in [3.63, 3.8) is 0 Å². The first-order valence-electron chi connectivity index (χ1n) is 5.09. The van der Waals surface area contributed by atoms with Gasteiger partial charge in [-0.05, 0) is 6.54 Å². The zero-order valence-corrected chi connectivity index (χ0v) is 9.93. The maximum Gasteiger partial charge on any atom is 0.224 e. The minimum atomic E-state index is 0.0119. The van der Waals surface area contributed by atoms with Gasteiger partial charge in [-0.15, -0.1) is 11.3 Å². The summed E-state index contributed by atoms with van der Waals surface area (Å²) in [6, 6.07) is 0. The molecule has 0 fully saturated rings. The van der Waals surface area contributed by atoms with Gasteiger partial charge in [-0.1, -0.05) is 13.8 Å². The Hall–Kier alpha value is -0.940. The second-order valence-electron chi connectivity index (χ2n) is 3.39. The lowest BCUT2D eigenvalue weighted by Crippen LogP contribution is -2.34. The lowest BCUT2D eigenvalue weighted by atomic mass is 10.1. The van der Waals surface area contributed by atoms with Gasteiger partial charge in [-0.25, -0.2) is 0 Å². The van der Waals surface area contributed by atoms with Crippen molar-refractivity contribution in [2.75, 3.05) is 13.1 Å². The molecule has 0 radical (unpaired) electrons. The van der Waals surface area contributed by atoms with Crippen molar-refractivity contribution in [1.82, 2.24) is 15.6 Å². The van der Waals surface area contributed by atoms with E-state index in [-0.39, 0.29) is 11.8 Å². The van der Waals surface area contributed by atoms with E-state index in [1.54, 1.807) is 23.0 Å². The maximum atomic E-state index is 11.6. The molecule has 15 heavy (non-hydrogen) atoms. The van der Waals surface area contributed by atoms with E-state index >= 15 is 0 Å². The third kappa shape index (κ3) is 4.40. The Labute approximate surface area is 94.1 Å². The SMILES string of the molecule is CCNCC(C)C(=O)NCc1cncs1. The second kappa shape index (κ2) is 6.53. The van der Waals surface area contributed by atoms with Gasteiger partial charge in [-0.2, -0.15) is 0 Å². The van der Waals surface area contributed by atoms with Crippen molar-refractivity contribution in [3.05, 3.63) is 16.6 Å². The van der Waals surface area contributed by atoms with Crippen molar-refractivity contribution in [2.45, 2.75) is 20.4 Å². The highest BCUT2D eigenvalue weighted by Gasteiger charge is 2.11. The largest absolute Gasteiger partial charge is 0.351 e. The molecular formula is C10H17N3OS. The first-order chi connectivity index (χ1) is 7.24. The molecule has 0 saturated heterocycles. The number of aromatic nitrogens is 1. The summed E-state index contributed by atoms with van der Waals surface area (Å²) in [5.41, 5.74) is 1.77. The van der Waals surface area contributed by atoms with Gasteiger partial charge < -0.3 is 10.6 Å². The molecule has 1 aromatic rings. The molecule has 4 nitrogen and oxygen atoms in total. The molecule has 1 atom stereocenters. The molecule has 1 aromatic heterocycles. The molecule has 0 aliphatic heterocycles. The molecule has 0 spiro atoms. The Bertz CT molecular complexity index is 287. The van der Waals surface area contributed by atoms with Crippen LogP contribution in [0.2, 0.25) is 0 Å². The van der Waals surface area contributed by atoms with Gasteiger partial charge in [0.1, 0.15) is 0 Å². The molecule has 0 aliphatic rings. The fourth-order valence-corrected chi connectivity index (χ4v) is 1.67. The topological polar surface area (TPSA) is 54.0 Å². The molecular weight excluding hydrogens is 210 g/mol. The Morgan fingerprint density at radius 2 is 2.47 bits per heavy atom. The minimum absolute atomic E-state index is 0.0119. The molecule has 84 valence electrons. The number of nitrogens with zero attached hydrogens (tertiary/aromatic N) is 1. The summed E-state index contributed by atoms with van der Waals surface area (Å²) in [6.45, 7) is 6.16. The predicted octanol–water partition coefficient (Wildman–Crippen LogP) is 1.00. The van der Waals surface area contributed by atoms with Gasteiger partial charge >= 0.3 is 0 Å². The van der Waals surface area contributed by atoms with Crippen LogP contribution >= 0.6 is 11.3 Å². The third-order valence-corrected chi connectivity index (χ3v) is 2.85. The smallest absolute Gasteiger partial charge is 0.224 e. The van der Waals surface area contributed by atoms with Gasteiger partial charge in [0.05, 0.1) is 12.1 Å². The lowest BCUT2D eigenvalue weighted by molar-refractivity contribution is -0.124. The number of amides is 1. The molecule has 5 heteroatoms. The fraction of sp³-hybridized carbons (Fsp3) is 0.600. The van der Waals surface area contributed by atoms with Gasteiger partial charge in [0.25, 0.3) is 0 Å². The Morgan fingerprint density at radius 1 is 1.67 bits per heavy atom. The summed E-state index contributed by atoms with van der Waals surface area (Å²) < 4.78 is 0. The molecule has 1 heterocycles. The van der Waals surface area contributed by atoms with E-state index in [1.165, 1.54) is 0 Å². The first kappa shape index (κ1) is 12.1. The molecule has 0 saturated carbocycles. The fourth-order valence-electron chi connectivity index (χ4n) is 1.13. The summed E-state index contributed by atoms with van der Waals surface area (Å²) in [5, 5.41) is 6.04. The van der Waals surface area contributed by atoms with Crippen LogP contribution in [0.4, 0.5) is 0 Å². The highest BCUT2D eigenvalue weighted by molar-refractivity contribution is 7.09. The second-order valence-corrected chi connectivity index (χ2v) is 4.37. The normalized spacial score (nSPS) is 12.4. The number of hydrogen-bond acceptors (Lipinski definition) is 4. The zero-order valence-electron chi connectivity index (χ0n) is 9.12. The lowest BCUT2D eigenvalue weighted by Gasteiger charge is -2.11. The van der Waals surface area contributed by atoms with Crippen molar-refractivity contribution in [3.8, 4) is 0 Å². The van der Waals surface area contributed by atoms with E-state index in [0.29, 0.717) is 6.54 Å². The van der Waals surface area contributed by atoms with Crippen LogP contribution in [-0.4, -0.2) is 24.0 Å². The standard InChI is InChI=1S/C10H17N3OS/c1-3-11-4-8(2)10(14)13-6-9-5-12-7-15-9/h5,7-8,11H,3-4,6H2,1-2H3,(H,13,14). The molecule has 2 N–H and O–H groups in total. The summed E-state index contributed by atoms with van der Waals surface area (Å²) in [6.07, 6.45) is 1.78. The molecule has 1 rings (SSSR count). The summed E-state index contributed by atoms with van der Waals surface area (Å²) in [7, 11) is 0. The molecule has 1 unspecified atom stereocenters. The van der Waals surface area contributed by atoms with Crippen LogP contribution in [0.15, 0.2) is 11.7 Å². The summed E-state index contributed by atoms with van der Waals surface area (Å²) in [5.74, 6) is 0.0993. The van der Waals surface area contributed by atoms with Crippen LogP contribution in [0.1, 0.15) is 18.7 Å². The van der Waals surface area contributed by atoms with E-state index in [2.05, 4.69) is 15.6 Å². The quantitative estimate of drug-likeness (QED) is 0.762. The number of nitrogens with one attached hydrogen (secondary N) is 2. The molecule has 0 aromatic carbocycles. The number of thiazole rings is 1. The van der Waals surface area contributed by atoms with Crippen molar-refractivity contribution in [2.24, 2.45) is 5.92 Å². The third-order valence-electron chi connectivity index (χ3n) is 2.07. The average molecular weight is 227 g/mol. The first-order valence-corrected chi connectivity index (χ1v) is 5.97. The monoisotopic (exact) mass is 227 g/mol. The van der Waals surface area contributed by atoms with E-state index in [1.807, 2.05) is 13.8 Å². The number of carbonyl (C=O) groups excluding carboxylic acids is 1. The number of rotatable bonds is 6. The maximum absolute atomic E-state index is 11.6. The predicted molar refractivity (Wildman–Crippen MR) is 61.7 cm³/mol. The van der Waals surface area contributed by atoms with Gasteiger partial charge in [-0.3, -0.25) is 9.78 Å². The Balaban J connectivity index is 2.23. The Kier molecular flexibility index (Phi) is 5.28. The Morgan fingerprint density at radius 3 is 3.07 bits per heavy atom. The average Bonchev–Trinajstić information content (AvgIpc) is 2.75. The highest BCUT2D eigenvalue weighted by Crippen LogP contribution is 2.04. The van der Waals surface area contributed by atoms with Crippen LogP contribution in [0.3, 0.4) is 0 Å². The number of hydrogen-bond donors (Lipinski definition) is 2. The van der Waals surface area contributed by atoms with E-state index < -0.39 is 0 Å². The highest BCUT2D eigenvalue weighted by atomic mass is 32.1. The molecule has 1 amide bonds. The van der Waals surface area contributed by atoms with Crippen LogP contribution < -0.4 is 10.6 Å². The minimum Gasteiger partial charge on any atom is -0.351 e. The number of carbonyl (C=O) groups is 1. The van der Waals surface area contributed by atoms with E-state index in [4.69, 9.17) is 0 Å². The van der Waals surface area contributed by atoms with Crippen LogP contribution in [-0.2, 0) is 11.3 Å².